The molecule has 1 saturated heterocycles. The fourth-order valence-electron chi connectivity index (χ4n) is 3.02. The highest BCUT2D eigenvalue weighted by Gasteiger charge is 2.27. The molecule has 20 heavy (non-hydrogen) atoms. The summed E-state index contributed by atoms with van der Waals surface area (Å²) in [7, 11) is -2.80. The zero-order chi connectivity index (χ0) is 14.4. The second kappa shape index (κ2) is 7.73. The number of nitrogens with one attached hydrogen (secondary N) is 1. The van der Waals surface area contributed by atoms with Crippen molar-refractivity contribution in [3.8, 4) is 0 Å². The quantitative estimate of drug-likeness (QED) is 0.725. The van der Waals surface area contributed by atoms with Gasteiger partial charge in [-0.2, -0.15) is 0 Å². The molecule has 118 valence electrons. The number of ether oxygens (including phenoxy) is 1. The Balaban J connectivity index is 1.52. The van der Waals surface area contributed by atoms with Crippen molar-refractivity contribution in [2.45, 2.75) is 50.7 Å². The van der Waals surface area contributed by atoms with Crippen LogP contribution in [0.4, 0.5) is 0 Å². The van der Waals surface area contributed by atoms with Gasteiger partial charge in [0, 0.05) is 6.54 Å². The predicted molar refractivity (Wildman–Crippen MR) is 78.5 cm³/mol. The van der Waals surface area contributed by atoms with Crippen molar-refractivity contribution in [1.82, 2.24) is 5.32 Å². The van der Waals surface area contributed by atoms with Crippen LogP contribution < -0.4 is 5.32 Å². The lowest BCUT2D eigenvalue weighted by Crippen LogP contribution is -2.35. The molecule has 2 atom stereocenters. The van der Waals surface area contributed by atoms with Gasteiger partial charge < -0.3 is 15.2 Å². The fraction of sp³-hybridized carbons (Fsp3) is 1.00. The van der Waals surface area contributed by atoms with Gasteiger partial charge in [-0.1, -0.05) is 19.3 Å². The second-order valence-electron chi connectivity index (χ2n) is 6.17. The van der Waals surface area contributed by atoms with Crippen molar-refractivity contribution in [1.29, 1.82) is 0 Å². The zero-order valence-electron chi connectivity index (χ0n) is 12.1. The van der Waals surface area contributed by atoms with Crippen molar-refractivity contribution in [3.05, 3.63) is 0 Å². The van der Waals surface area contributed by atoms with E-state index in [1.807, 2.05) is 0 Å². The molecule has 2 N–H and O–H groups in total. The summed E-state index contributed by atoms with van der Waals surface area (Å²) in [4.78, 5) is 0. The van der Waals surface area contributed by atoms with Crippen molar-refractivity contribution >= 4 is 9.84 Å². The molecule has 0 aromatic rings. The van der Waals surface area contributed by atoms with Crippen LogP contribution in [0.1, 0.15) is 38.5 Å². The summed E-state index contributed by atoms with van der Waals surface area (Å²) in [5.74, 6) is 0.799. The molecule has 5 nitrogen and oxygen atoms in total. The first-order valence-corrected chi connectivity index (χ1v) is 9.58. The van der Waals surface area contributed by atoms with E-state index in [0.29, 0.717) is 31.6 Å². The van der Waals surface area contributed by atoms with E-state index < -0.39 is 15.9 Å². The molecule has 1 aliphatic carbocycles. The Hall–Kier alpha value is -0.170. The van der Waals surface area contributed by atoms with E-state index >= 15 is 0 Å². The molecule has 0 spiro atoms. The molecule has 0 amide bonds. The number of aliphatic hydroxyl groups excluding tert-OH is 1. The SMILES string of the molecule is O=S1(=O)CCC(CNCC(O)COC2CCCCC2)C1. The first-order valence-electron chi connectivity index (χ1n) is 7.76. The van der Waals surface area contributed by atoms with E-state index in [0.717, 1.165) is 19.3 Å². The summed E-state index contributed by atoms with van der Waals surface area (Å²) >= 11 is 0. The lowest BCUT2D eigenvalue weighted by molar-refractivity contribution is -0.0230. The average molecular weight is 305 g/mol. The first kappa shape index (κ1) is 16.2. The summed E-state index contributed by atoms with van der Waals surface area (Å²) < 4.78 is 28.4. The summed E-state index contributed by atoms with van der Waals surface area (Å²) in [6, 6.07) is 0. The smallest absolute Gasteiger partial charge is 0.150 e. The molecule has 2 aliphatic rings. The Bertz CT molecular complexity index is 379. The fourth-order valence-corrected chi connectivity index (χ4v) is 4.89. The van der Waals surface area contributed by atoms with Crippen LogP contribution in [0.2, 0.25) is 0 Å². The number of hydrogen-bond acceptors (Lipinski definition) is 5. The van der Waals surface area contributed by atoms with Crippen LogP contribution in [-0.2, 0) is 14.6 Å². The standard InChI is InChI=1S/C14H27NO4S/c16-13(10-19-14-4-2-1-3-5-14)9-15-8-12-6-7-20(17,18)11-12/h12-16H,1-11H2. The summed E-state index contributed by atoms with van der Waals surface area (Å²) in [5, 5.41) is 13.0. The monoisotopic (exact) mass is 305 g/mol. The van der Waals surface area contributed by atoms with Gasteiger partial charge in [0.15, 0.2) is 9.84 Å². The highest BCUT2D eigenvalue weighted by atomic mass is 32.2. The Morgan fingerprint density at radius 3 is 2.60 bits per heavy atom. The number of rotatable bonds is 7. The molecular formula is C14H27NO4S. The highest BCUT2D eigenvalue weighted by molar-refractivity contribution is 7.91. The minimum atomic E-state index is -2.80. The van der Waals surface area contributed by atoms with Crippen LogP contribution in [-0.4, -0.2) is 56.9 Å². The maximum atomic E-state index is 11.3. The highest BCUT2D eigenvalue weighted by Crippen LogP contribution is 2.20. The van der Waals surface area contributed by atoms with E-state index in [1.165, 1.54) is 19.3 Å². The second-order valence-corrected chi connectivity index (χ2v) is 8.40. The van der Waals surface area contributed by atoms with Crippen LogP contribution in [0.25, 0.3) is 0 Å². The Kier molecular flexibility index (Phi) is 6.26. The lowest BCUT2D eigenvalue weighted by atomic mass is 9.98. The summed E-state index contributed by atoms with van der Waals surface area (Å²) in [6.45, 7) is 1.52. The van der Waals surface area contributed by atoms with Crippen LogP contribution in [0.15, 0.2) is 0 Å². The summed E-state index contributed by atoms with van der Waals surface area (Å²) in [6.07, 6.45) is 6.54. The van der Waals surface area contributed by atoms with Gasteiger partial charge in [-0.25, -0.2) is 8.42 Å². The summed E-state index contributed by atoms with van der Waals surface area (Å²) in [5.41, 5.74) is 0. The van der Waals surface area contributed by atoms with Crippen LogP contribution >= 0.6 is 0 Å². The molecule has 0 radical (unpaired) electrons. The molecule has 0 aromatic heterocycles. The molecular weight excluding hydrogens is 278 g/mol. The van der Waals surface area contributed by atoms with Gasteiger partial charge in [-0.3, -0.25) is 0 Å². The lowest BCUT2D eigenvalue weighted by Gasteiger charge is -2.23. The topological polar surface area (TPSA) is 75.6 Å². The molecule has 1 saturated carbocycles. The minimum absolute atomic E-state index is 0.200. The maximum Gasteiger partial charge on any atom is 0.150 e. The van der Waals surface area contributed by atoms with Gasteiger partial charge in [-0.05, 0) is 31.7 Å². The molecule has 2 fully saturated rings. The van der Waals surface area contributed by atoms with Crippen LogP contribution in [0.3, 0.4) is 0 Å². The molecule has 1 heterocycles. The Morgan fingerprint density at radius 2 is 1.95 bits per heavy atom. The first-order chi connectivity index (χ1) is 9.55. The largest absolute Gasteiger partial charge is 0.389 e. The van der Waals surface area contributed by atoms with E-state index in [4.69, 9.17) is 4.74 Å². The van der Waals surface area contributed by atoms with Crippen molar-refractivity contribution in [2.24, 2.45) is 5.92 Å². The minimum Gasteiger partial charge on any atom is -0.389 e. The van der Waals surface area contributed by atoms with Gasteiger partial charge in [0.25, 0.3) is 0 Å². The van der Waals surface area contributed by atoms with Gasteiger partial charge in [0.1, 0.15) is 0 Å². The third kappa shape index (κ3) is 5.68. The van der Waals surface area contributed by atoms with Crippen LogP contribution in [0.5, 0.6) is 0 Å². The van der Waals surface area contributed by atoms with E-state index in [1.54, 1.807) is 0 Å². The van der Waals surface area contributed by atoms with Gasteiger partial charge >= 0.3 is 0 Å². The van der Waals surface area contributed by atoms with Crippen molar-refractivity contribution < 1.29 is 18.3 Å². The molecule has 6 heteroatoms. The number of sulfone groups is 1. The molecule has 2 unspecified atom stereocenters. The Labute approximate surface area is 122 Å². The molecule has 1 aliphatic heterocycles. The average Bonchev–Trinajstić information content (AvgIpc) is 2.77. The van der Waals surface area contributed by atoms with Crippen molar-refractivity contribution in [3.63, 3.8) is 0 Å². The van der Waals surface area contributed by atoms with E-state index in [9.17, 15) is 13.5 Å². The third-order valence-electron chi connectivity index (χ3n) is 4.22. The van der Waals surface area contributed by atoms with Gasteiger partial charge in [0.05, 0.1) is 30.3 Å². The molecule has 0 aromatic carbocycles. The van der Waals surface area contributed by atoms with Gasteiger partial charge in [0.2, 0.25) is 0 Å². The van der Waals surface area contributed by atoms with E-state index in [-0.39, 0.29) is 11.7 Å². The van der Waals surface area contributed by atoms with Crippen LogP contribution in [0, 0.1) is 5.92 Å². The zero-order valence-corrected chi connectivity index (χ0v) is 12.9. The van der Waals surface area contributed by atoms with Gasteiger partial charge in [-0.15, -0.1) is 0 Å². The molecule has 0 bridgehead atoms. The number of aliphatic hydroxyl groups is 1. The Morgan fingerprint density at radius 1 is 1.20 bits per heavy atom. The maximum absolute atomic E-state index is 11.3. The molecule has 2 rings (SSSR count). The van der Waals surface area contributed by atoms with Crippen molar-refractivity contribution in [2.75, 3.05) is 31.2 Å². The number of hydrogen-bond donors (Lipinski definition) is 2. The predicted octanol–water partition coefficient (Wildman–Crippen LogP) is 0.721. The normalized spacial score (nSPS) is 28.6. The third-order valence-corrected chi connectivity index (χ3v) is 6.05. The van der Waals surface area contributed by atoms with E-state index in [2.05, 4.69) is 5.32 Å².